The Hall–Kier alpha value is -2.88. The number of aryl methyl sites for hydroxylation is 3. The van der Waals surface area contributed by atoms with E-state index in [-0.39, 0.29) is 11.9 Å². The van der Waals surface area contributed by atoms with E-state index in [2.05, 4.69) is 10.3 Å². The molecule has 0 aliphatic carbocycles. The number of imidazole rings is 1. The molecule has 4 nitrogen and oxygen atoms in total. The molecule has 0 saturated heterocycles. The molecule has 122 valence electrons. The summed E-state index contributed by atoms with van der Waals surface area (Å²) >= 11 is 0. The van der Waals surface area contributed by atoms with Crippen LogP contribution in [0.4, 0.5) is 0 Å². The van der Waals surface area contributed by atoms with E-state index in [0.29, 0.717) is 5.56 Å². The third kappa shape index (κ3) is 3.38. The van der Waals surface area contributed by atoms with Gasteiger partial charge >= 0.3 is 0 Å². The van der Waals surface area contributed by atoms with Gasteiger partial charge in [-0.15, -0.1) is 0 Å². The number of carbonyl (C=O) groups excluding carboxylic acids is 1. The minimum absolute atomic E-state index is 0.104. The summed E-state index contributed by atoms with van der Waals surface area (Å²) in [4.78, 5) is 17.1. The first-order chi connectivity index (χ1) is 11.5. The molecule has 0 aliphatic heterocycles. The van der Waals surface area contributed by atoms with Crippen LogP contribution in [0.5, 0.6) is 0 Å². The van der Waals surface area contributed by atoms with E-state index in [0.717, 1.165) is 17.0 Å². The molecule has 0 saturated carbocycles. The fraction of sp³-hybridized carbons (Fsp3) is 0.200. The summed E-state index contributed by atoms with van der Waals surface area (Å²) in [6, 6.07) is 15.5. The van der Waals surface area contributed by atoms with E-state index in [1.807, 2.05) is 80.2 Å². The van der Waals surface area contributed by atoms with Gasteiger partial charge in [-0.05, 0) is 31.5 Å². The smallest absolute Gasteiger partial charge is 0.252 e. The van der Waals surface area contributed by atoms with Gasteiger partial charge < -0.3 is 9.88 Å². The second-order valence-corrected chi connectivity index (χ2v) is 6.08. The third-order valence-corrected chi connectivity index (χ3v) is 4.08. The molecule has 1 N–H and O–H groups in total. The van der Waals surface area contributed by atoms with Crippen LogP contribution in [0.1, 0.15) is 38.9 Å². The number of amides is 1. The summed E-state index contributed by atoms with van der Waals surface area (Å²) in [7, 11) is 1.93. The quantitative estimate of drug-likeness (QED) is 0.799. The van der Waals surface area contributed by atoms with Crippen molar-refractivity contribution in [3.63, 3.8) is 0 Å². The van der Waals surface area contributed by atoms with E-state index < -0.39 is 0 Å². The van der Waals surface area contributed by atoms with Crippen LogP contribution >= 0.6 is 0 Å². The lowest BCUT2D eigenvalue weighted by Crippen LogP contribution is -2.31. The predicted octanol–water partition coefficient (Wildman–Crippen LogP) is 3.56. The highest BCUT2D eigenvalue weighted by atomic mass is 16.1. The van der Waals surface area contributed by atoms with Crippen LogP contribution in [0.15, 0.2) is 60.9 Å². The van der Waals surface area contributed by atoms with Gasteiger partial charge in [0.1, 0.15) is 11.9 Å². The van der Waals surface area contributed by atoms with Crippen LogP contribution in [-0.4, -0.2) is 15.5 Å². The first kappa shape index (κ1) is 16.0. The average molecular weight is 319 g/mol. The third-order valence-electron chi connectivity index (χ3n) is 4.08. The Morgan fingerprint density at radius 1 is 1.08 bits per heavy atom. The van der Waals surface area contributed by atoms with Gasteiger partial charge in [0.05, 0.1) is 0 Å². The van der Waals surface area contributed by atoms with Crippen molar-refractivity contribution in [2.24, 2.45) is 7.05 Å². The van der Waals surface area contributed by atoms with Gasteiger partial charge in [0.25, 0.3) is 5.91 Å². The van der Waals surface area contributed by atoms with Crippen molar-refractivity contribution in [1.29, 1.82) is 0 Å². The van der Waals surface area contributed by atoms with Gasteiger partial charge in [0, 0.05) is 25.0 Å². The molecule has 0 fully saturated rings. The van der Waals surface area contributed by atoms with E-state index in [9.17, 15) is 4.79 Å². The number of nitrogens with zero attached hydrogens (tertiary/aromatic N) is 2. The highest BCUT2D eigenvalue weighted by Crippen LogP contribution is 2.21. The highest BCUT2D eigenvalue weighted by molar-refractivity contribution is 5.94. The van der Waals surface area contributed by atoms with Crippen LogP contribution in [0.25, 0.3) is 0 Å². The van der Waals surface area contributed by atoms with Crippen LogP contribution in [-0.2, 0) is 7.05 Å². The number of aromatic nitrogens is 2. The van der Waals surface area contributed by atoms with E-state index in [1.165, 1.54) is 5.56 Å². The maximum atomic E-state index is 12.7. The average Bonchev–Trinajstić information content (AvgIpc) is 2.99. The summed E-state index contributed by atoms with van der Waals surface area (Å²) < 4.78 is 1.93. The number of benzene rings is 2. The largest absolute Gasteiger partial charge is 0.338 e. The van der Waals surface area contributed by atoms with Crippen LogP contribution in [0.2, 0.25) is 0 Å². The normalized spacial score (nSPS) is 12.0. The first-order valence-corrected chi connectivity index (χ1v) is 7.96. The molecular weight excluding hydrogens is 298 g/mol. The lowest BCUT2D eigenvalue weighted by Gasteiger charge is -2.19. The second-order valence-electron chi connectivity index (χ2n) is 6.08. The zero-order valence-electron chi connectivity index (χ0n) is 14.2. The molecule has 24 heavy (non-hydrogen) atoms. The second kappa shape index (κ2) is 6.71. The molecule has 0 spiro atoms. The number of nitrogens with one attached hydrogen (secondary N) is 1. The van der Waals surface area contributed by atoms with Crippen LogP contribution in [0.3, 0.4) is 0 Å². The molecule has 0 radical (unpaired) electrons. The molecule has 1 heterocycles. The zero-order valence-corrected chi connectivity index (χ0v) is 14.2. The Morgan fingerprint density at radius 3 is 2.46 bits per heavy atom. The van der Waals surface area contributed by atoms with Crippen molar-refractivity contribution >= 4 is 5.91 Å². The topological polar surface area (TPSA) is 46.9 Å². The Bertz CT molecular complexity index is 849. The standard InChI is InChI=1S/C20H21N3O/c1-14-7-9-16(10-8-14)18(19-21-11-12-23(19)3)22-20(24)17-6-4-5-15(2)13-17/h4-13,18H,1-3H3,(H,22,24). The van der Waals surface area contributed by atoms with Crippen molar-refractivity contribution < 1.29 is 4.79 Å². The summed E-state index contributed by atoms with van der Waals surface area (Å²) in [5.74, 6) is 0.701. The molecule has 3 rings (SSSR count). The maximum absolute atomic E-state index is 12.7. The van der Waals surface area contributed by atoms with Crippen LogP contribution in [0, 0.1) is 13.8 Å². The molecule has 2 aromatic carbocycles. The van der Waals surface area contributed by atoms with Crippen molar-refractivity contribution in [2.75, 3.05) is 0 Å². The summed E-state index contributed by atoms with van der Waals surface area (Å²) in [5.41, 5.74) is 3.91. The Balaban J connectivity index is 1.95. The monoisotopic (exact) mass is 319 g/mol. The molecule has 3 aromatic rings. The fourth-order valence-corrected chi connectivity index (χ4v) is 2.71. The molecule has 1 amide bonds. The Kier molecular flexibility index (Phi) is 4.47. The number of rotatable bonds is 4. The summed E-state index contributed by atoms with van der Waals surface area (Å²) in [5, 5.41) is 3.12. The highest BCUT2D eigenvalue weighted by Gasteiger charge is 2.21. The lowest BCUT2D eigenvalue weighted by molar-refractivity contribution is 0.0941. The van der Waals surface area contributed by atoms with Crippen molar-refractivity contribution in [3.8, 4) is 0 Å². The lowest BCUT2D eigenvalue weighted by atomic mass is 10.0. The zero-order chi connectivity index (χ0) is 17.1. The first-order valence-electron chi connectivity index (χ1n) is 7.96. The van der Waals surface area contributed by atoms with Gasteiger partial charge in [-0.1, -0.05) is 47.5 Å². The van der Waals surface area contributed by atoms with Crippen LogP contribution < -0.4 is 5.32 Å². The van der Waals surface area contributed by atoms with Gasteiger partial charge in [-0.2, -0.15) is 0 Å². The van der Waals surface area contributed by atoms with Gasteiger partial charge in [0.15, 0.2) is 0 Å². The molecule has 4 heteroatoms. The van der Waals surface area contributed by atoms with Gasteiger partial charge in [-0.25, -0.2) is 4.98 Å². The molecule has 1 atom stereocenters. The maximum Gasteiger partial charge on any atom is 0.252 e. The van der Waals surface area contributed by atoms with Gasteiger partial charge in [0.2, 0.25) is 0 Å². The number of hydrogen-bond donors (Lipinski definition) is 1. The van der Waals surface area contributed by atoms with Crippen molar-refractivity contribution in [3.05, 3.63) is 89.0 Å². The molecule has 1 unspecified atom stereocenters. The van der Waals surface area contributed by atoms with E-state index in [4.69, 9.17) is 0 Å². The molecule has 1 aromatic heterocycles. The predicted molar refractivity (Wildman–Crippen MR) is 94.9 cm³/mol. The number of hydrogen-bond acceptors (Lipinski definition) is 2. The summed E-state index contributed by atoms with van der Waals surface area (Å²) in [6.07, 6.45) is 3.63. The van der Waals surface area contributed by atoms with Crippen molar-refractivity contribution in [2.45, 2.75) is 19.9 Å². The fourth-order valence-electron chi connectivity index (χ4n) is 2.71. The van der Waals surface area contributed by atoms with Crippen molar-refractivity contribution in [1.82, 2.24) is 14.9 Å². The van der Waals surface area contributed by atoms with Gasteiger partial charge in [-0.3, -0.25) is 4.79 Å². The van der Waals surface area contributed by atoms with E-state index in [1.54, 1.807) is 6.20 Å². The SMILES string of the molecule is Cc1ccc(C(NC(=O)c2cccc(C)c2)c2nccn2C)cc1. The van der Waals surface area contributed by atoms with E-state index >= 15 is 0 Å². The Morgan fingerprint density at radius 2 is 1.83 bits per heavy atom. The number of carbonyl (C=O) groups is 1. The minimum Gasteiger partial charge on any atom is -0.338 e. The minimum atomic E-state index is -0.293. The molecule has 0 aliphatic rings. The molecular formula is C20H21N3O. The summed E-state index contributed by atoms with van der Waals surface area (Å²) in [6.45, 7) is 4.03. The Labute approximate surface area is 142 Å². The molecule has 0 bridgehead atoms.